The van der Waals surface area contributed by atoms with E-state index in [0.717, 1.165) is 11.3 Å². The summed E-state index contributed by atoms with van der Waals surface area (Å²) in [5, 5.41) is 2.71. The number of benzene rings is 1. The van der Waals surface area contributed by atoms with Gasteiger partial charge < -0.3 is 9.47 Å². The summed E-state index contributed by atoms with van der Waals surface area (Å²) in [4.78, 5) is 24.9. The van der Waals surface area contributed by atoms with Crippen LogP contribution in [0.3, 0.4) is 0 Å². The minimum Gasteiger partial charge on any atom is -0.454 e. The van der Waals surface area contributed by atoms with Gasteiger partial charge in [0.15, 0.2) is 11.5 Å². The topological polar surface area (TPSA) is 86.2 Å². The Labute approximate surface area is 143 Å². The maximum Gasteiger partial charge on any atom is 0.231 e. The Morgan fingerprint density at radius 3 is 2.80 bits per heavy atom. The third-order valence-corrected chi connectivity index (χ3v) is 3.64. The van der Waals surface area contributed by atoms with Crippen molar-refractivity contribution in [3.05, 3.63) is 60.4 Å². The van der Waals surface area contributed by atoms with Crippen molar-refractivity contribution in [2.75, 3.05) is 12.1 Å². The van der Waals surface area contributed by atoms with Crippen LogP contribution in [0.5, 0.6) is 11.5 Å². The van der Waals surface area contributed by atoms with E-state index in [4.69, 9.17) is 9.47 Å². The molecule has 1 aliphatic heterocycles. The van der Waals surface area contributed by atoms with Gasteiger partial charge in [0.05, 0.1) is 17.8 Å². The lowest BCUT2D eigenvalue weighted by atomic mass is 10.1. The van der Waals surface area contributed by atoms with Gasteiger partial charge in [0.1, 0.15) is 0 Å². The van der Waals surface area contributed by atoms with Gasteiger partial charge in [0.2, 0.25) is 18.6 Å². The number of aromatic nitrogens is 3. The molecule has 7 heteroatoms. The van der Waals surface area contributed by atoms with Gasteiger partial charge in [-0.05, 0) is 35.9 Å². The molecule has 0 saturated carbocycles. The molecule has 25 heavy (non-hydrogen) atoms. The van der Waals surface area contributed by atoms with Gasteiger partial charge in [-0.2, -0.15) is 0 Å². The van der Waals surface area contributed by atoms with Gasteiger partial charge >= 0.3 is 0 Å². The van der Waals surface area contributed by atoms with Gasteiger partial charge in [0.25, 0.3) is 0 Å². The normalized spacial score (nSPS) is 12.0. The second-order valence-electron chi connectivity index (χ2n) is 5.39. The zero-order valence-electron chi connectivity index (χ0n) is 13.2. The minimum atomic E-state index is -0.211. The molecule has 0 radical (unpaired) electrons. The summed E-state index contributed by atoms with van der Waals surface area (Å²) in [5.74, 6) is 1.38. The van der Waals surface area contributed by atoms with Crippen LogP contribution >= 0.6 is 0 Å². The Morgan fingerprint density at radius 2 is 1.92 bits per heavy atom. The lowest BCUT2D eigenvalue weighted by molar-refractivity contribution is -0.115. The summed E-state index contributed by atoms with van der Waals surface area (Å²) < 4.78 is 10.6. The smallest absolute Gasteiger partial charge is 0.231 e. The second kappa shape index (κ2) is 6.56. The number of hydrogen-bond acceptors (Lipinski definition) is 6. The van der Waals surface area contributed by atoms with E-state index < -0.39 is 0 Å². The third kappa shape index (κ3) is 3.40. The average molecular weight is 334 g/mol. The molecule has 0 unspecified atom stereocenters. The Balaban J connectivity index is 1.46. The third-order valence-electron chi connectivity index (χ3n) is 3.64. The molecule has 1 aromatic carbocycles. The van der Waals surface area contributed by atoms with Crippen LogP contribution in [0.25, 0.3) is 11.4 Å². The largest absolute Gasteiger partial charge is 0.454 e. The SMILES string of the molecule is O=C(Cc1ccc2c(c1)OCO2)Nc1nccc(-c2ccccn2)n1. The molecule has 1 amide bonds. The molecule has 1 N–H and O–H groups in total. The molecule has 0 fully saturated rings. The standard InChI is InChI=1S/C18H14N4O3/c23-17(10-12-4-5-15-16(9-12)25-11-24-15)22-18-20-8-6-14(21-18)13-3-1-2-7-19-13/h1-9H,10-11H2,(H,20,21,22,23). The van der Waals surface area contributed by atoms with E-state index in [1.165, 1.54) is 0 Å². The monoisotopic (exact) mass is 334 g/mol. The first kappa shape index (κ1) is 15.1. The van der Waals surface area contributed by atoms with E-state index in [1.54, 1.807) is 30.6 Å². The highest BCUT2D eigenvalue weighted by atomic mass is 16.7. The lowest BCUT2D eigenvalue weighted by Crippen LogP contribution is -2.16. The fourth-order valence-corrected chi connectivity index (χ4v) is 2.48. The summed E-state index contributed by atoms with van der Waals surface area (Å²) in [7, 11) is 0. The Bertz CT molecular complexity index is 915. The molecule has 1 aliphatic rings. The molecular formula is C18H14N4O3. The zero-order chi connectivity index (χ0) is 17.1. The molecule has 0 aliphatic carbocycles. The van der Waals surface area contributed by atoms with Crippen molar-refractivity contribution in [2.24, 2.45) is 0 Å². The van der Waals surface area contributed by atoms with Crippen LogP contribution in [0.4, 0.5) is 5.95 Å². The summed E-state index contributed by atoms with van der Waals surface area (Å²) >= 11 is 0. The van der Waals surface area contributed by atoms with Crippen LogP contribution in [0.15, 0.2) is 54.9 Å². The van der Waals surface area contributed by atoms with Crippen molar-refractivity contribution in [1.29, 1.82) is 0 Å². The zero-order valence-corrected chi connectivity index (χ0v) is 13.2. The van der Waals surface area contributed by atoms with Gasteiger partial charge in [-0.15, -0.1) is 0 Å². The second-order valence-corrected chi connectivity index (χ2v) is 5.39. The van der Waals surface area contributed by atoms with Crippen molar-refractivity contribution in [1.82, 2.24) is 15.0 Å². The van der Waals surface area contributed by atoms with E-state index in [1.807, 2.05) is 24.3 Å². The maximum absolute atomic E-state index is 12.3. The molecular weight excluding hydrogens is 320 g/mol. The predicted octanol–water partition coefficient (Wildman–Crippen LogP) is 2.45. The van der Waals surface area contributed by atoms with Gasteiger partial charge in [0, 0.05) is 12.4 Å². The molecule has 3 heterocycles. The summed E-state index contributed by atoms with van der Waals surface area (Å²) in [6.07, 6.45) is 3.47. The van der Waals surface area contributed by atoms with Crippen molar-refractivity contribution >= 4 is 11.9 Å². The van der Waals surface area contributed by atoms with Gasteiger partial charge in [-0.3, -0.25) is 15.1 Å². The Hall–Kier alpha value is -3.48. The van der Waals surface area contributed by atoms with Crippen LogP contribution in [0, 0.1) is 0 Å². The molecule has 0 saturated heterocycles. The molecule has 4 rings (SSSR count). The summed E-state index contributed by atoms with van der Waals surface area (Å²) in [6.45, 7) is 0.207. The first-order chi connectivity index (χ1) is 12.3. The van der Waals surface area contributed by atoms with Gasteiger partial charge in [-0.1, -0.05) is 12.1 Å². The molecule has 0 bridgehead atoms. The molecule has 7 nitrogen and oxygen atoms in total. The number of anilines is 1. The van der Waals surface area contributed by atoms with E-state index in [2.05, 4.69) is 20.3 Å². The van der Waals surface area contributed by atoms with E-state index in [9.17, 15) is 4.79 Å². The van der Waals surface area contributed by atoms with Crippen LogP contribution < -0.4 is 14.8 Å². The number of ether oxygens (including phenoxy) is 2. The highest BCUT2D eigenvalue weighted by Crippen LogP contribution is 2.32. The number of amides is 1. The van der Waals surface area contributed by atoms with Crippen molar-refractivity contribution in [2.45, 2.75) is 6.42 Å². The first-order valence-electron chi connectivity index (χ1n) is 7.71. The molecule has 3 aromatic rings. The summed E-state index contributed by atoms with van der Waals surface area (Å²) in [6, 6.07) is 12.7. The number of rotatable bonds is 4. The number of fused-ring (bicyclic) bond motifs is 1. The highest BCUT2D eigenvalue weighted by molar-refractivity contribution is 5.90. The quantitative estimate of drug-likeness (QED) is 0.789. The predicted molar refractivity (Wildman–Crippen MR) is 90.2 cm³/mol. The first-order valence-corrected chi connectivity index (χ1v) is 7.71. The van der Waals surface area contributed by atoms with Crippen LogP contribution in [0.2, 0.25) is 0 Å². The van der Waals surface area contributed by atoms with E-state index in [-0.39, 0.29) is 25.1 Å². The van der Waals surface area contributed by atoms with Crippen molar-refractivity contribution in [3.63, 3.8) is 0 Å². The fourth-order valence-electron chi connectivity index (χ4n) is 2.48. The van der Waals surface area contributed by atoms with Crippen LogP contribution in [-0.4, -0.2) is 27.7 Å². The van der Waals surface area contributed by atoms with Crippen LogP contribution in [-0.2, 0) is 11.2 Å². The summed E-state index contributed by atoms with van der Waals surface area (Å²) in [5.41, 5.74) is 2.19. The van der Waals surface area contributed by atoms with Gasteiger partial charge in [-0.25, -0.2) is 9.97 Å². The number of hydrogen-bond donors (Lipinski definition) is 1. The average Bonchev–Trinajstić information content (AvgIpc) is 3.10. The minimum absolute atomic E-state index is 0.188. The number of nitrogens with zero attached hydrogens (tertiary/aromatic N) is 3. The number of carbonyl (C=O) groups excluding carboxylic acids is 1. The Morgan fingerprint density at radius 1 is 1.00 bits per heavy atom. The molecule has 0 atom stereocenters. The van der Waals surface area contributed by atoms with Crippen molar-refractivity contribution in [3.8, 4) is 22.9 Å². The lowest BCUT2D eigenvalue weighted by Gasteiger charge is -2.06. The maximum atomic E-state index is 12.3. The van der Waals surface area contributed by atoms with Crippen LogP contribution in [0.1, 0.15) is 5.56 Å². The van der Waals surface area contributed by atoms with E-state index >= 15 is 0 Å². The highest BCUT2D eigenvalue weighted by Gasteiger charge is 2.15. The molecule has 0 spiro atoms. The number of carbonyl (C=O) groups is 1. The number of pyridine rings is 1. The van der Waals surface area contributed by atoms with Crippen molar-refractivity contribution < 1.29 is 14.3 Å². The van der Waals surface area contributed by atoms with E-state index in [0.29, 0.717) is 17.2 Å². The molecule has 2 aromatic heterocycles. The molecule has 124 valence electrons. The Kier molecular flexibility index (Phi) is 3.96. The fraction of sp³-hybridized carbons (Fsp3) is 0.111. The number of nitrogens with one attached hydrogen (secondary N) is 1.